The molecule has 9 nitrogen and oxygen atoms in total. The van der Waals surface area contributed by atoms with Gasteiger partial charge in [-0.05, 0) is 13.0 Å². The predicted octanol–water partition coefficient (Wildman–Crippen LogP) is 1.44. The number of carbonyl (C=O) groups excluding carboxylic acids is 1. The van der Waals surface area contributed by atoms with Gasteiger partial charge in [0.05, 0.1) is 18.1 Å². The fraction of sp³-hybridized carbons (Fsp3) is 0.278. The Labute approximate surface area is 155 Å². The first kappa shape index (κ1) is 17.0. The van der Waals surface area contributed by atoms with E-state index in [4.69, 9.17) is 0 Å². The molecule has 0 atom stereocenters. The van der Waals surface area contributed by atoms with Crippen LogP contribution in [0.2, 0.25) is 0 Å². The van der Waals surface area contributed by atoms with Crippen LogP contribution in [0.3, 0.4) is 0 Å². The van der Waals surface area contributed by atoms with Crippen LogP contribution in [0.5, 0.6) is 0 Å². The number of hydrogen-bond acceptors (Lipinski definition) is 5. The quantitative estimate of drug-likeness (QED) is 0.547. The lowest BCUT2D eigenvalue weighted by Gasteiger charge is -2.14. The van der Waals surface area contributed by atoms with Crippen molar-refractivity contribution in [2.45, 2.75) is 13.5 Å². The number of nitrogens with zero attached hydrogens (tertiary/aromatic N) is 8. The molecular formula is C18H20N8O. The number of rotatable bonds is 4. The largest absolute Gasteiger partial charge is 0.336 e. The molecule has 4 heterocycles. The van der Waals surface area contributed by atoms with E-state index in [1.807, 2.05) is 33.3 Å². The van der Waals surface area contributed by atoms with Gasteiger partial charge >= 0.3 is 0 Å². The zero-order valence-electron chi connectivity index (χ0n) is 15.7. The van der Waals surface area contributed by atoms with Crippen LogP contribution in [-0.2, 0) is 20.6 Å². The summed E-state index contributed by atoms with van der Waals surface area (Å²) in [5.41, 5.74) is 4.74. The number of hydrogen-bond donors (Lipinski definition) is 0. The Morgan fingerprint density at radius 1 is 1.22 bits per heavy atom. The maximum atomic E-state index is 12.8. The number of aryl methyl sites for hydroxylation is 2. The van der Waals surface area contributed by atoms with Crippen LogP contribution in [0, 0.1) is 6.92 Å². The van der Waals surface area contributed by atoms with Crippen molar-refractivity contribution in [3.63, 3.8) is 0 Å². The number of carbonyl (C=O) groups is 1. The fourth-order valence-electron chi connectivity index (χ4n) is 3.05. The maximum absolute atomic E-state index is 12.8. The molecule has 4 aromatic heterocycles. The van der Waals surface area contributed by atoms with Gasteiger partial charge in [0.15, 0.2) is 11.3 Å². The first-order valence-electron chi connectivity index (χ1n) is 8.51. The molecule has 0 spiro atoms. The maximum Gasteiger partial charge on any atom is 0.274 e. The van der Waals surface area contributed by atoms with E-state index < -0.39 is 0 Å². The van der Waals surface area contributed by atoms with Gasteiger partial charge < -0.3 is 4.90 Å². The topological polar surface area (TPSA) is 86.1 Å². The first-order chi connectivity index (χ1) is 12.9. The summed E-state index contributed by atoms with van der Waals surface area (Å²) in [6, 6.07) is 3.58. The Hall–Kier alpha value is -3.49. The van der Waals surface area contributed by atoms with Gasteiger partial charge in [-0.1, -0.05) is 0 Å². The molecule has 138 valence electrons. The molecule has 0 aliphatic rings. The number of amides is 1. The molecule has 0 aliphatic heterocycles. The van der Waals surface area contributed by atoms with E-state index in [9.17, 15) is 4.79 Å². The Morgan fingerprint density at radius 2 is 2.04 bits per heavy atom. The minimum absolute atomic E-state index is 0.168. The van der Waals surface area contributed by atoms with Crippen LogP contribution in [0.4, 0.5) is 0 Å². The zero-order chi connectivity index (χ0) is 19.1. The van der Waals surface area contributed by atoms with E-state index in [0.29, 0.717) is 17.9 Å². The van der Waals surface area contributed by atoms with Crippen molar-refractivity contribution in [3.05, 3.63) is 53.9 Å². The van der Waals surface area contributed by atoms with Gasteiger partial charge in [-0.3, -0.25) is 14.2 Å². The second kappa shape index (κ2) is 6.35. The molecule has 0 N–H and O–H groups in total. The van der Waals surface area contributed by atoms with Crippen LogP contribution >= 0.6 is 0 Å². The molecule has 0 aliphatic carbocycles. The SMILES string of the molecule is Cc1c(-c2ccnc3cc(C(=O)N(C)Cc4cnn(C)c4)nn23)cnn1C. The highest BCUT2D eigenvalue weighted by atomic mass is 16.2. The van der Waals surface area contributed by atoms with Crippen molar-refractivity contribution in [1.29, 1.82) is 0 Å². The summed E-state index contributed by atoms with van der Waals surface area (Å²) in [7, 11) is 5.49. The van der Waals surface area contributed by atoms with Gasteiger partial charge in [0.25, 0.3) is 5.91 Å². The molecule has 27 heavy (non-hydrogen) atoms. The van der Waals surface area contributed by atoms with E-state index >= 15 is 0 Å². The second-order valence-electron chi connectivity index (χ2n) is 6.58. The summed E-state index contributed by atoms with van der Waals surface area (Å²) in [5.74, 6) is -0.168. The minimum atomic E-state index is -0.168. The van der Waals surface area contributed by atoms with Crippen LogP contribution in [0.25, 0.3) is 16.9 Å². The molecule has 0 saturated heterocycles. The van der Waals surface area contributed by atoms with Gasteiger partial charge in [0, 0.05) is 63.0 Å². The third kappa shape index (κ3) is 2.97. The molecule has 4 aromatic rings. The van der Waals surface area contributed by atoms with Crippen molar-refractivity contribution >= 4 is 11.6 Å². The van der Waals surface area contributed by atoms with E-state index in [1.54, 1.807) is 50.5 Å². The lowest BCUT2D eigenvalue weighted by atomic mass is 10.2. The lowest BCUT2D eigenvalue weighted by molar-refractivity contribution is 0.0779. The van der Waals surface area contributed by atoms with Gasteiger partial charge in [-0.15, -0.1) is 0 Å². The summed E-state index contributed by atoms with van der Waals surface area (Å²) in [6.07, 6.45) is 7.14. The fourth-order valence-corrected chi connectivity index (χ4v) is 3.05. The highest BCUT2D eigenvalue weighted by Gasteiger charge is 2.19. The van der Waals surface area contributed by atoms with Crippen molar-refractivity contribution in [3.8, 4) is 11.3 Å². The third-order valence-corrected chi connectivity index (χ3v) is 4.61. The summed E-state index contributed by atoms with van der Waals surface area (Å²) >= 11 is 0. The van der Waals surface area contributed by atoms with Crippen molar-refractivity contribution in [1.82, 2.24) is 39.1 Å². The van der Waals surface area contributed by atoms with Crippen LogP contribution in [-0.4, -0.2) is 52.0 Å². The first-order valence-corrected chi connectivity index (χ1v) is 8.51. The molecule has 0 aromatic carbocycles. The van der Waals surface area contributed by atoms with Crippen molar-refractivity contribution in [2.75, 3.05) is 7.05 Å². The summed E-state index contributed by atoms with van der Waals surface area (Å²) in [4.78, 5) is 18.8. The standard InChI is InChI=1S/C18H20N8O/c1-12-14(9-21-25(12)4)16-5-6-19-17-7-15(22-26(16)17)18(27)23(2)10-13-8-20-24(3)11-13/h5-9,11H,10H2,1-4H3. The Morgan fingerprint density at radius 3 is 2.70 bits per heavy atom. The molecule has 1 amide bonds. The monoisotopic (exact) mass is 364 g/mol. The van der Waals surface area contributed by atoms with Crippen molar-refractivity contribution < 1.29 is 4.79 Å². The van der Waals surface area contributed by atoms with E-state index in [0.717, 1.165) is 22.5 Å². The number of aromatic nitrogens is 7. The Kier molecular flexibility index (Phi) is 3.98. The minimum Gasteiger partial charge on any atom is -0.336 e. The van der Waals surface area contributed by atoms with E-state index in [1.165, 1.54) is 0 Å². The molecule has 0 radical (unpaired) electrons. The predicted molar refractivity (Wildman–Crippen MR) is 98.9 cm³/mol. The van der Waals surface area contributed by atoms with Gasteiger partial charge in [0.1, 0.15) is 0 Å². The summed E-state index contributed by atoms with van der Waals surface area (Å²) in [5, 5.41) is 12.9. The second-order valence-corrected chi connectivity index (χ2v) is 6.58. The Balaban J connectivity index is 1.68. The third-order valence-electron chi connectivity index (χ3n) is 4.61. The Bertz CT molecular complexity index is 1140. The smallest absolute Gasteiger partial charge is 0.274 e. The molecule has 0 bridgehead atoms. The van der Waals surface area contributed by atoms with Crippen LogP contribution in [0.1, 0.15) is 21.7 Å². The van der Waals surface area contributed by atoms with Crippen molar-refractivity contribution in [2.24, 2.45) is 14.1 Å². The van der Waals surface area contributed by atoms with Gasteiger partial charge in [-0.2, -0.15) is 15.3 Å². The molecule has 4 rings (SSSR count). The normalized spacial score (nSPS) is 11.3. The molecular weight excluding hydrogens is 344 g/mol. The van der Waals surface area contributed by atoms with Crippen LogP contribution in [0.15, 0.2) is 36.9 Å². The average molecular weight is 364 g/mol. The molecule has 0 saturated carbocycles. The lowest BCUT2D eigenvalue weighted by Crippen LogP contribution is -2.26. The van der Waals surface area contributed by atoms with E-state index in [2.05, 4.69) is 20.3 Å². The highest BCUT2D eigenvalue weighted by Crippen LogP contribution is 2.23. The summed E-state index contributed by atoms with van der Waals surface area (Å²) < 4.78 is 5.21. The summed E-state index contributed by atoms with van der Waals surface area (Å²) in [6.45, 7) is 2.45. The molecule has 9 heteroatoms. The van der Waals surface area contributed by atoms with Crippen LogP contribution < -0.4 is 0 Å². The molecule has 0 fully saturated rings. The van der Waals surface area contributed by atoms with Gasteiger partial charge in [0.2, 0.25) is 0 Å². The molecule has 0 unspecified atom stereocenters. The van der Waals surface area contributed by atoms with Gasteiger partial charge in [-0.25, -0.2) is 9.50 Å². The number of fused-ring (bicyclic) bond motifs is 1. The van der Waals surface area contributed by atoms with E-state index in [-0.39, 0.29) is 5.91 Å². The zero-order valence-corrected chi connectivity index (χ0v) is 15.7. The highest BCUT2D eigenvalue weighted by molar-refractivity contribution is 5.93. The average Bonchev–Trinajstić information content (AvgIpc) is 3.34.